The molecule has 6 nitrogen and oxygen atoms in total. The van der Waals surface area contributed by atoms with Crippen LogP contribution in [0.2, 0.25) is 0 Å². The summed E-state index contributed by atoms with van der Waals surface area (Å²) < 4.78 is 0. The Morgan fingerprint density at radius 1 is 1.12 bits per heavy atom. The first-order chi connectivity index (χ1) is 12.1. The van der Waals surface area contributed by atoms with Gasteiger partial charge >= 0.3 is 0 Å². The highest BCUT2D eigenvalue weighted by molar-refractivity contribution is 5.80. The van der Waals surface area contributed by atoms with Crippen molar-refractivity contribution in [1.82, 2.24) is 20.9 Å². The third kappa shape index (κ3) is 6.84. The van der Waals surface area contributed by atoms with Crippen molar-refractivity contribution in [3.63, 3.8) is 0 Å². The molecule has 1 saturated heterocycles. The lowest BCUT2D eigenvalue weighted by molar-refractivity contribution is -0.123. The fourth-order valence-electron chi connectivity index (χ4n) is 3.74. The second-order valence-electron chi connectivity index (χ2n) is 7.60. The highest BCUT2D eigenvalue weighted by atomic mass is 16.1. The molecule has 0 aromatic rings. The van der Waals surface area contributed by atoms with Gasteiger partial charge in [0.1, 0.15) is 0 Å². The zero-order chi connectivity index (χ0) is 18.1. The van der Waals surface area contributed by atoms with Gasteiger partial charge in [-0.05, 0) is 32.6 Å². The van der Waals surface area contributed by atoms with E-state index in [-0.39, 0.29) is 11.8 Å². The maximum atomic E-state index is 11.6. The first kappa shape index (κ1) is 20.0. The molecule has 0 aromatic heterocycles. The van der Waals surface area contributed by atoms with Gasteiger partial charge in [0, 0.05) is 44.2 Å². The number of hydrogen-bond acceptors (Lipinski definition) is 3. The first-order valence-electron chi connectivity index (χ1n) is 10.2. The third-order valence-corrected chi connectivity index (χ3v) is 5.26. The maximum Gasteiger partial charge on any atom is 0.222 e. The predicted octanol–water partition coefficient (Wildman–Crippen LogP) is 1.72. The smallest absolute Gasteiger partial charge is 0.222 e. The SMILES string of the molecule is CCNC(=NCCNC(=O)C(C)C)NC1CCN(C2CCCC2)CC1. The lowest BCUT2D eigenvalue weighted by Gasteiger charge is -2.36. The van der Waals surface area contributed by atoms with Gasteiger partial charge in [0.05, 0.1) is 6.54 Å². The van der Waals surface area contributed by atoms with Crippen LogP contribution < -0.4 is 16.0 Å². The number of nitrogens with one attached hydrogen (secondary N) is 3. The summed E-state index contributed by atoms with van der Waals surface area (Å²) in [4.78, 5) is 18.9. The highest BCUT2D eigenvalue weighted by Gasteiger charge is 2.27. The van der Waals surface area contributed by atoms with Crippen LogP contribution in [0.15, 0.2) is 4.99 Å². The maximum absolute atomic E-state index is 11.6. The molecule has 6 heteroatoms. The van der Waals surface area contributed by atoms with Gasteiger partial charge in [-0.1, -0.05) is 26.7 Å². The Morgan fingerprint density at radius 2 is 1.80 bits per heavy atom. The highest BCUT2D eigenvalue weighted by Crippen LogP contribution is 2.26. The summed E-state index contributed by atoms with van der Waals surface area (Å²) in [6.45, 7) is 10.3. The summed E-state index contributed by atoms with van der Waals surface area (Å²) in [5.41, 5.74) is 0. The molecule has 2 rings (SSSR count). The molecule has 1 amide bonds. The van der Waals surface area contributed by atoms with Gasteiger partial charge in [0.2, 0.25) is 5.91 Å². The van der Waals surface area contributed by atoms with Crippen molar-refractivity contribution in [2.75, 3.05) is 32.7 Å². The van der Waals surface area contributed by atoms with Crippen molar-refractivity contribution in [3.05, 3.63) is 0 Å². The molecular formula is C19H37N5O. The van der Waals surface area contributed by atoms with Crippen LogP contribution in [0, 0.1) is 5.92 Å². The molecule has 0 atom stereocenters. The molecule has 0 unspecified atom stereocenters. The number of amides is 1. The van der Waals surface area contributed by atoms with Crippen molar-refractivity contribution >= 4 is 11.9 Å². The van der Waals surface area contributed by atoms with Crippen LogP contribution >= 0.6 is 0 Å². The monoisotopic (exact) mass is 351 g/mol. The molecule has 3 N–H and O–H groups in total. The summed E-state index contributed by atoms with van der Waals surface area (Å²) in [6, 6.07) is 1.34. The van der Waals surface area contributed by atoms with E-state index >= 15 is 0 Å². The number of piperidine rings is 1. The molecule has 0 radical (unpaired) electrons. The summed E-state index contributed by atoms with van der Waals surface area (Å²) in [7, 11) is 0. The molecule has 144 valence electrons. The molecule has 1 heterocycles. The summed E-state index contributed by atoms with van der Waals surface area (Å²) in [5.74, 6) is 0.994. The van der Waals surface area contributed by atoms with E-state index in [2.05, 4.69) is 32.8 Å². The van der Waals surface area contributed by atoms with Gasteiger partial charge in [0.25, 0.3) is 0 Å². The van der Waals surface area contributed by atoms with Crippen LogP contribution in [-0.4, -0.2) is 61.6 Å². The normalized spacial score (nSPS) is 20.9. The van der Waals surface area contributed by atoms with E-state index in [1.165, 1.54) is 51.6 Å². The van der Waals surface area contributed by atoms with Crippen LogP contribution in [0.5, 0.6) is 0 Å². The van der Waals surface area contributed by atoms with E-state index in [1.807, 2.05) is 13.8 Å². The first-order valence-corrected chi connectivity index (χ1v) is 10.2. The Morgan fingerprint density at radius 3 is 2.40 bits per heavy atom. The number of aliphatic imine (C=N–C) groups is 1. The van der Waals surface area contributed by atoms with Crippen LogP contribution in [0.4, 0.5) is 0 Å². The van der Waals surface area contributed by atoms with Gasteiger partial charge in [0.15, 0.2) is 5.96 Å². The topological polar surface area (TPSA) is 68.8 Å². The summed E-state index contributed by atoms with van der Waals surface area (Å²) >= 11 is 0. The average molecular weight is 352 g/mol. The molecule has 0 aromatic carbocycles. The average Bonchev–Trinajstić information content (AvgIpc) is 3.13. The van der Waals surface area contributed by atoms with Crippen LogP contribution in [0.3, 0.4) is 0 Å². The third-order valence-electron chi connectivity index (χ3n) is 5.26. The number of guanidine groups is 1. The van der Waals surface area contributed by atoms with Crippen molar-refractivity contribution in [2.24, 2.45) is 10.9 Å². The number of carbonyl (C=O) groups is 1. The Labute approximate surface area is 153 Å². The molecule has 25 heavy (non-hydrogen) atoms. The number of nitrogens with zero attached hydrogens (tertiary/aromatic N) is 2. The minimum Gasteiger partial charge on any atom is -0.357 e. The lowest BCUT2D eigenvalue weighted by atomic mass is 10.0. The van der Waals surface area contributed by atoms with Crippen molar-refractivity contribution in [3.8, 4) is 0 Å². The minimum absolute atomic E-state index is 0.0281. The van der Waals surface area contributed by atoms with E-state index in [1.54, 1.807) is 0 Å². The standard InChI is InChI=1S/C19H37N5O/c1-4-20-19(22-12-11-21-18(25)15(2)3)23-16-9-13-24(14-10-16)17-7-5-6-8-17/h15-17H,4-14H2,1-3H3,(H,21,25)(H2,20,22,23). The predicted molar refractivity (Wildman–Crippen MR) is 104 cm³/mol. The Hall–Kier alpha value is -1.30. The molecule has 1 aliphatic heterocycles. The number of hydrogen-bond donors (Lipinski definition) is 3. The summed E-state index contributed by atoms with van der Waals surface area (Å²) in [6.07, 6.45) is 7.98. The van der Waals surface area contributed by atoms with Gasteiger partial charge in [-0.25, -0.2) is 0 Å². The van der Waals surface area contributed by atoms with Crippen molar-refractivity contribution in [2.45, 2.75) is 71.4 Å². The van der Waals surface area contributed by atoms with Crippen LogP contribution in [0.25, 0.3) is 0 Å². The van der Waals surface area contributed by atoms with Crippen molar-refractivity contribution < 1.29 is 4.79 Å². The molecule has 0 bridgehead atoms. The van der Waals surface area contributed by atoms with E-state index in [0.717, 1.165) is 18.5 Å². The Balaban J connectivity index is 1.71. The molecule has 2 fully saturated rings. The second kappa shape index (κ2) is 10.6. The zero-order valence-corrected chi connectivity index (χ0v) is 16.3. The van der Waals surface area contributed by atoms with Crippen LogP contribution in [-0.2, 0) is 4.79 Å². The zero-order valence-electron chi connectivity index (χ0n) is 16.3. The summed E-state index contributed by atoms with van der Waals surface area (Å²) in [5, 5.41) is 9.81. The quantitative estimate of drug-likeness (QED) is 0.371. The largest absolute Gasteiger partial charge is 0.357 e. The molecule has 0 spiro atoms. The fraction of sp³-hybridized carbons (Fsp3) is 0.895. The van der Waals surface area contributed by atoms with E-state index < -0.39 is 0 Å². The number of rotatable bonds is 7. The molecule has 1 aliphatic carbocycles. The molecular weight excluding hydrogens is 314 g/mol. The van der Waals surface area contributed by atoms with E-state index in [9.17, 15) is 4.79 Å². The lowest BCUT2D eigenvalue weighted by Crippen LogP contribution is -2.50. The van der Waals surface area contributed by atoms with E-state index in [0.29, 0.717) is 19.1 Å². The Bertz CT molecular complexity index is 424. The van der Waals surface area contributed by atoms with Gasteiger partial charge in [-0.3, -0.25) is 9.79 Å². The second-order valence-corrected chi connectivity index (χ2v) is 7.60. The minimum atomic E-state index is 0.0281. The van der Waals surface area contributed by atoms with Gasteiger partial charge in [-0.15, -0.1) is 0 Å². The van der Waals surface area contributed by atoms with Gasteiger partial charge < -0.3 is 20.9 Å². The molecule has 1 saturated carbocycles. The molecule has 2 aliphatic rings. The fourth-order valence-corrected chi connectivity index (χ4v) is 3.74. The van der Waals surface area contributed by atoms with Crippen molar-refractivity contribution in [1.29, 1.82) is 0 Å². The van der Waals surface area contributed by atoms with Gasteiger partial charge in [-0.2, -0.15) is 0 Å². The Kier molecular flexibility index (Phi) is 8.52. The number of carbonyl (C=O) groups excluding carboxylic acids is 1. The van der Waals surface area contributed by atoms with Crippen LogP contribution in [0.1, 0.15) is 59.3 Å². The van der Waals surface area contributed by atoms with E-state index in [4.69, 9.17) is 0 Å². The number of likely N-dealkylation sites (tertiary alicyclic amines) is 1.